The highest BCUT2D eigenvalue weighted by Gasteiger charge is 2.24. The van der Waals surface area contributed by atoms with Crippen LogP contribution in [-0.2, 0) is 14.4 Å². The van der Waals surface area contributed by atoms with Gasteiger partial charge >= 0.3 is 0 Å². The van der Waals surface area contributed by atoms with E-state index in [1.54, 1.807) is 7.11 Å². The molecule has 0 aliphatic carbocycles. The summed E-state index contributed by atoms with van der Waals surface area (Å²) in [6.07, 6.45) is 1.75. The molecule has 0 saturated carbocycles. The van der Waals surface area contributed by atoms with Crippen LogP contribution in [0.5, 0.6) is 0 Å². The molecule has 0 aromatic heterocycles. The van der Waals surface area contributed by atoms with Crippen LogP contribution in [0.2, 0.25) is 0 Å². The predicted molar refractivity (Wildman–Crippen MR) is 56.2 cm³/mol. The number of rotatable bonds is 5. The molecule has 1 saturated heterocycles. The van der Waals surface area contributed by atoms with Gasteiger partial charge in [-0.3, -0.25) is 9.63 Å². The zero-order chi connectivity index (χ0) is 11.1. The third-order valence-electron chi connectivity index (χ3n) is 2.56. The fourth-order valence-corrected chi connectivity index (χ4v) is 1.70. The normalized spacial score (nSPS) is 26.3. The van der Waals surface area contributed by atoms with Crippen LogP contribution in [0.15, 0.2) is 0 Å². The molecule has 2 atom stereocenters. The van der Waals surface area contributed by atoms with Gasteiger partial charge in [-0.15, -0.1) is 0 Å². The number of methoxy groups -OCH3 is 1. The number of piperidine rings is 1. The second kappa shape index (κ2) is 6.76. The molecule has 5 heteroatoms. The summed E-state index contributed by atoms with van der Waals surface area (Å²) >= 11 is 0. The van der Waals surface area contributed by atoms with Gasteiger partial charge in [0.15, 0.2) is 0 Å². The first-order valence-corrected chi connectivity index (χ1v) is 5.38. The molecule has 2 N–H and O–H groups in total. The second-order valence-corrected chi connectivity index (χ2v) is 3.88. The number of amides is 1. The molecule has 1 aliphatic heterocycles. The average Bonchev–Trinajstić information content (AvgIpc) is 2.24. The van der Waals surface area contributed by atoms with Crippen LogP contribution in [0.25, 0.3) is 0 Å². The van der Waals surface area contributed by atoms with Crippen molar-refractivity contribution in [3.8, 4) is 0 Å². The molecule has 0 spiro atoms. The van der Waals surface area contributed by atoms with Crippen molar-refractivity contribution in [1.29, 1.82) is 0 Å². The van der Waals surface area contributed by atoms with Gasteiger partial charge in [0.1, 0.15) is 0 Å². The van der Waals surface area contributed by atoms with Crippen molar-refractivity contribution in [2.45, 2.75) is 25.8 Å². The summed E-state index contributed by atoms with van der Waals surface area (Å²) in [6.45, 7) is 3.87. The van der Waals surface area contributed by atoms with Gasteiger partial charge in [-0.2, -0.15) is 0 Å². The molecule has 1 aliphatic rings. The smallest absolute Gasteiger partial charge is 0.246 e. The minimum atomic E-state index is -0.0144. The minimum Gasteiger partial charge on any atom is -0.382 e. The standard InChI is InChI=1S/C10H20N2O3/c1-8-7-9(3-4-11-8)10(13)12-15-6-5-14-2/h8-9,11H,3-7H2,1-2H3,(H,12,13). The van der Waals surface area contributed by atoms with E-state index in [0.29, 0.717) is 19.3 Å². The Labute approximate surface area is 90.5 Å². The molecular weight excluding hydrogens is 196 g/mol. The van der Waals surface area contributed by atoms with Gasteiger partial charge in [0.2, 0.25) is 5.91 Å². The Morgan fingerprint density at radius 1 is 1.53 bits per heavy atom. The number of ether oxygens (including phenoxy) is 1. The van der Waals surface area contributed by atoms with E-state index in [1.165, 1.54) is 0 Å². The van der Waals surface area contributed by atoms with Crippen molar-refractivity contribution >= 4 is 5.91 Å². The summed E-state index contributed by atoms with van der Waals surface area (Å²) in [5, 5.41) is 3.30. The number of carbonyl (C=O) groups is 1. The summed E-state index contributed by atoms with van der Waals surface area (Å²) in [6, 6.07) is 0.411. The van der Waals surface area contributed by atoms with Crippen molar-refractivity contribution < 1.29 is 14.4 Å². The largest absolute Gasteiger partial charge is 0.382 e. The second-order valence-electron chi connectivity index (χ2n) is 3.88. The predicted octanol–water partition coefficient (Wildman–Crippen LogP) is 0.0687. The number of hydroxylamine groups is 1. The molecular formula is C10H20N2O3. The van der Waals surface area contributed by atoms with Crippen molar-refractivity contribution in [2.75, 3.05) is 26.9 Å². The van der Waals surface area contributed by atoms with Gasteiger partial charge < -0.3 is 10.1 Å². The molecule has 0 aromatic rings. The molecule has 1 fully saturated rings. The van der Waals surface area contributed by atoms with E-state index < -0.39 is 0 Å². The van der Waals surface area contributed by atoms with Gasteiger partial charge in [-0.25, -0.2) is 5.48 Å². The van der Waals surface area contributed by atoms with E-state index in [9.17, 15) is 4.79 Å². The topological polar surface area (TPSA) is 59.6 Å². The lowest BCUT2D eigenvalue weighted by Gasteiger charge is -2.26. The Balaban J connectivity index is 2.15. The lowest BCUT2D eigenvalue weighted by atomic mass is 9.93. The summed E-state index contributed by atoms with van der Waals surface area (Å²) in [4.78, 5) is 16.6. The van der Waals surface area contributed by atoms with Crippen molar-refractivity contribution in [3.63, 3.8) is 0 Å². The Morgan fingerprint density at radius 3 is 3.00 bits per heavy atom. The lowest BCUT2D eigenvalue weighted by Crippen LogP contribution is -2.42. The molecule has 15 heavy (non-hydrogen) atoms. The number of hydrogen-bond acceptors (Lipinski definition) is 4. The first-order chi connectivity index (χ1) is 7.24. The SMILES string of the molecule is COCCONC(=O)C1CCNC(C)C1. The Morgan fingerprint density at radius 2 is 2.33 bits per heavy atom. The molecule has 1 rings (SSSR count). The van der Waals surface area contributed by atoms with Gasteiger partial charge in [0.05, 0.1) is 13.2 Å². The Kier molecular flexibility index (Phi) is 5.60. The van der Waals surface area contributed by atoms with Gasteiger partial charge in [-0.05, 0) is 26.3 Å². The van der Waals surface area contributed by atoms with Crippen LogP contribution in [0.1, 0.15) is 19.8 Å². The number of carbonyl (C=O) groups excluding carboxylic acids is 1. The van der Waals surface area contributed by atoms with Crippen LogP contribution < -0.4 is 10.8 Å². The molecule has 0 radical (unpaired) electrons. The molecule has 2 unspecified atom stereocenters. The zero-order valence-corrected chi connectivity index (χ0v) is 9.41. The molecule has 0 aromatic carbocycles. The van der Waals surface area contributed by atoms with E-state index >= 15 is 0 Å². The van der Waals surface area contributed by atoms with Crippen LogP contribution in [0.3, 0.4) is 0 Å². The van der Waals surface area contributed by atoms with E-state index in [0.717, 1.165) is 19.4 Å². The van der Waals surface area contributed by atoms with Gasteiger partial charge in [0.25, 0.3) is 0 Å². The van der Waals surface area contributed by atoms with Crippen LogP contribution in [0.4, 0.5) is 0 Å². The maximum absolute atomic E-state index is 11.6. The van der Waals surface area contributed by atoms with E-state index in [1.807, 2.05) is 0 Å². The summed E-state index contributed by atoms with van der Waals surface area (Å²) in [7, 11) is 1.60. The highest BCUT2D eigenvalue weighted by atomic mass is 16.7. The fourth-order valence-electron chi connectivity index (χ4n) is 1.70. The van der Waals surface area contributed by atoms with Crippen LogP contribution in [-0.4, -0.2) is 38.8 Å². The van der Waals surface area contributed by atoms with E-state index in [-0.39, 0.29) is 11.8 Å². The molecule has 5 nitrogen and oxygen atoms in total. The Hall–Kier alpha value is -0.650. The first kappa shape index (κ1) is 12.4. The minimum absolute atomic E-state index is 0.0144. The first-order valence-electron chi connectivity index (χ1n) is 5.38. The highest BCUT2D eigenvalue weighted by Crippen LogP contribution is 2.15. The molecule has 0 bridgehead atoms. The average molecular weight is 216 g/mol. The van der Waals surface area contributed by atoms with Gasteiger partial charge in [0, 0.05) is 19.1 Å². The van der Waals surface area contributed by atoms with Crippen molar-refractivity contribution in [2.24, 2.45) is 5.92 Å². The van der Waals surface area contributed by atoms with E-state index in [2.05, 4.69) is 17.7 Å². The lowest BCUT2D eigenvalue weighted by molar-refractivity contribution is -0.139. The number of nitrogens with one attached hydrogen (secondary N) is 2. The Bertz CT molecular complexity index is 199. The quantitative estimate of drug-likeness (QED) is 0.504. The zero-order valence-electron chi connectivity index (χ0n) is 9.41. The summed E-state index contributed by atoms with van der Waals surface area (Å²) in [5.74, 6) is 0.0586. The maximum atomic E-state index is 11.6. The fraction of sp³-hybridized carbons (Fsp3) is 0.900. The number of hydrogen-bond donors (Lipinski definition) is 2. The molecule has 88 valence electrons. The van der Waals surface area contributed by atoms with Gasteiger partial charge in [-0.1, -0.05) is 0 Å². The van der Waals surface area contributed by atoms with Crippen LogP contribution in [0, 0.1) is 5.92 Å². The van der Waals surface area contributed by atoms with Crippen molar-refractivity contribution in [1.82, 2.24) is 10.8 Å². The highest BCUT2D eigenvalue weighted by molar-refractivity contribution is 5.77. The van der Waals surface area contributed by atoms with Crippen LogP contribution >= 0.6 is 0 Å². The summed E-state index contributed by atoms with van der Waals surface area (Å²) < 4.78 is 4.80. The molecule has 1 amide bonds. The molecule has 1 heterocycles. The van der Waals surface area contributed by atoms with E-state index in [4.69, 9.17) is 9.57 Å². The third kappa shape index (κ3) is 4.59. The van der Waals surface area contributed by atoms with Crippen molar-refractivity contribution in [3.05, 3.63) is 0 Å². The maximum Gasteiger partial charge on any atom is 0.246 e. The monoisotopic (exact) mass is 216 g/mol. The summed E-state index contributed by atoms with van der Waals surface area (Å²) in [5.41, 5.74) is 2.46. The third-order valence-corrected chi connectivity index (χ3v) is 2.56.